The zero-order valence-electron chi connectivity index (χ0n) is 56.8. The van der Waals surface area contributed by atoms with Gasteiger partial charge in [-0.3, -0.25) is 4.98 Å². The van der Waals surface area contributed by atoms with E-state index < -0.39 is 0 Å². The Morgan fingerprint density at radius 1 is 0.556 bits per heavy atom. The third-order valence-corrected chi connectivity index (χ3v) is 17.0. The average molecular weight is 1130 g/mol. The van der Waals surface area contributed by atoms with Crippen molar-refractivity contribution in [1.29, 1.82) is 0 Å². The minimum Gasteiger partial charge on any atom is -0.396 e. The second-order valence-corrected chi connectivity index (χ2v) is 31.3. The van der Waals surface area contributed by atoms with Crippen molar-refractivity contribution in [3.8, 4) is 0 Å². The molecule has 1 aliphatic heterocycles. The van der Waals surface area contributed by atoms with Gasteiger partial charge in [-0.1, -0.05) is 202 Å². The number of pyridine rings is 1. The molecule has 0 radical (unpaired) electrons. The maximum absolute atomic E-state index is 13.3. The molecule has 1 saturated heterocycles. The molecule has 2 aromatic carbocycles. The topological polar surface area (TPSA) is 109 Å². The van der Waals surface area contributed by atoms with Crippen LogP contribution in [0.15, 0.2) is 55.1 Å². The number of aliphatic hydroxyl groups excluding tert-OH is 3. The van der Waals surface area contributed by atoms with Gasteiger partial charge in [0.25, 0.3) is 0 Å². The van der Waals surface area contributed by atoms with Gasteiger partial charge in [0.05, 0.1) is 25.1 Å². The van der Waals surface area contributed by atoms with Crippen LogP contribution in [0.2, 0.25) is 0 Å². The predicted octanol–water partition coefficient (Wildman–Crippen LogP) is 19.0. The van der Waals surface area contributed by atoms with Crippen molar-refractivity contribution in [3.63, 3.8) is 0 Å². The Kier molecular flexibility index (Phi) is 29.3. The lowest BCUT2D eigenvalue weighted by atomic mass is 9.62. The largest absolute Gasteiger partial charge is 0.396 e. The summed E-state index contributed by atoms with van der Waals surface area (Å²) in [6, 6.07) is 11.3. The number of aryl methyl sites for hydroxylation is 4. The van der Waals surface area contributed by atoms with Crippen LogP contribution < -0.4 is 0 Å². The molecule has 3 fully saturated rings. The van der Waals surface area contributed by atoms with Crippen LogP contribution in [-0.4, -0.2) is 50.1 Å². The number of rotatable bonds is 3. The molecule has 81 heavy (non-hydrogen) atoms. The monoisotopic (exact) mass is 1130 g/mol. The highest BCUT2D eigenvalue weighted by atomic mass is 19.1. The highest BCUT2D eigenvalue weighted by Crippen LogP contribution is 2.57. The van der Waals surface area contributed by atoms with Gasteiger partial charge >= 0.3 is 0 Å². The van der Waals surface area contributed by atoms with Gasteiger partial charge in [0, 0.05) is 37.3 Å². The van der Waals surface area contributed by atoms with Gasteiger partial charge in [0.1, 0.15) is 18.0 Å². The molecule has 3 heterocycles. The first-order chi connectivity index (χ1) is 36.8. The predicted molar refractivity (Wildman–Crippen MR) is 341 cm³/mol. The highest BCUT2D eigenvalue weighted by Gasteiger charge is 2.47. The van der Waals surface area contributed by atoms with Crippen molar-refractivity contribution < 1.29 is 28.8 Å². The molecular weight excluding hydrogens is 1010 g/mol. The fourth-order valence-electron chi connectivity index (χ4n) is 12.4. The molecule has 2 aromatic heterocycles. The van der Waals surface area contributed by atoms with E-state index in [0.717, 1.165) is 69.8 Å². The molecule has 462 valence electrons. The van der Waals surface area contributed by atoms with E-state index in [1.54, 1.807) is 12.3 Å². The fraction of sp³-hybridized carbons (Fsp3) is 0.708. The molecule has 3 N–H and O–H groups in total. The molecule has 7 nitrogen and oxygen atoms in total. The molecule has 3 unspecified atom stereocenters. The van der Waals surface area contributed by atoms with Crippen LogP contribution in [0.5, 0.6) is 0 Å². The first-order valence-corrected chi connectivity index (χ1v) is 30.5. The molecule has 0 bridgehead atoms. The lowest BCUT2D eigenvalue weighted by Crippen LogP contribution is -2.38. The normalized spacial score (nSPS) is 18.4. The summed E-state index contributed by atoms with van der Waals surface area (Å²) in [6.07, 6.45) is 13.7. The van der Waals surface area contributed by atoms with Crippen molar-refractivity contribution >= 4 is 0 Å². The van der Waals surface area contributed by atoms with Crippen molar-refractivity contribution in [1.82, 2.24) is 15.0 Å². The molecule has 4 aromatic rings. The smallest absolute Gasteiger partial charge is 0.145 e. The number of nitrogens with zero attached hydrogens (tertiary/aromatic N) is 3. The Bertz CT molecular complexity index is 2290. The molecule has 0 amide bonds. The van der Waals surface area contributed by atoms with Crippen LogP contribution in [0.1, 0.15) is 260 Å². The summed E-state index contributed by atoms with van der Waals surface area (Å²) in [4.78, 5) is 12.0. The van der Waals surface area contributed by atoms with Crippen LogP contribution in [0.3, 0.4) is 0 Å². The van der Waals surface area contributed by atoms with Crippen LogP contribution >= 0.6 is 0 Å². The average Bonchev–Trinajstić information content (AvgIpc) is 4.09. The third-order valence-electron chi connectivity index (χ3n) is 17.0. The summed E-state index contributed by atoms with van der Waals surface area (Å²) in [5, 5.41) is 27.7. The lowest BCUT2D eigenvalue weighted by Gasteiger charge is -2.44. The van der Waals surface area contributed by atoms with E-state index >= 15 is 0 Å². The van der Waals surface area contributed by atoms with Crippen LogP contribution in [0.4, 0.5) is 8.78 Å². The zero-order chi connectivity index (χ0) is 62.9. The van der Waals surface area contributed by atoms with Gasteiger partial charge in [-0.2, -0.15) is 0 Å². The minimum absolute atomic E-state index is 0.0105. The quantitative estimate of drug-likeness (QED) is 0.188. The zero-order valence-corrected chi connectivity index (χ0v) is 56.8. The van der Waals surface area contributed by atoms with Crippen molar-refractivity contribution in [2.24, 2.45) is 45.3 Å². The van der Waals surface area contributed by atoms with Crippen molar-refractivity contribution in [2.45, 2.75) is 267 Å². The van der Waals surface area contributed by atoms with E-state index in [0.29, 0.717) is 40.1 Å². The first kappa shape index (κ1) is 75.4. The second-order valence-electron chi connectivity index (χ2n) is 31.3. The van der Waals surface area contributed by atoms with Gasteiger partial charge in [0.15, 0.2) is 0 Å². The Labute approximate surface area is 496 Å². The first-order valence-electron chi connectivity index (χ1n) is 30.5. The number of hydrogen-bond acceptors (Lipinski definition) is 7. The lowest BCUT2D eigenvalue weighted by molar-refractivity contribution is 0.0223. The standard InChI is InChI=1S/C12H24O.C12H18O.C11H15F.C10H14FN.C10H16N2O.C9H18O.C8H16/c2*1-9-6-5-7-10(8-13)11(9)12(2,3)4;1-8-6-5-7-9(12)10(8)11(2,3)4;1-7-5-12-6-8(11)9(7)10(2,3)4;1-7-9(10(2,3)4)8(5-13)12-6-11-7;1-9(2,3)8-4-6-10-7-5-8;1-7(2,3)8(4)5-6-8/h9-11,13H,5-8H2,1-4H3;5-7,13H,8H2,1-4H3;5-7H,1-4H3;5-6H,1-4H3;6,13H,5H2,1-4H3;8H,4-7H2,1-3H3;5-6H2,1-4H3. The van der Waals surface area contributed by atoms with E-state index in [-0.39, 0.29) is 46.5 Å². The maximum Gasteiger partial charge on any atom is 0.145 e. The molecule has 2 aliphatic carbocycles. The van der Waals surface area contributed by atoms with E-state index in [9.17, 15) is 19.0 Å². The summed E-state index contributed by atoms with van der Waals surface area (Å²) in [7, 11) is 0. The second kappa shape index (κ2) is 31.5. The fourth-order valence-corrected chi connectivity index (χ4v) is 12.4. The molecule has 2 saturated carbocycles. The van der Waals surface area contributed by atoms with Crippen LogP contribution in [-0.2, 0) is 39.6 Å². The number of benzene rings is 2. The minimum atomic E-state index is -0.206. The molecule has 0 spiro atoms. The molecule has 3 aliphatic rings. The van der Waals surface area contributed by atoms with Gasteiger partial charge in [-0.25, -0.2) is 18.7 Å². The summed E-state index contributed by atoms with van der Waals surface area (Å²) >= 11 is 0. The summed E-state index contributed by atoms with van der Waals surface area (Å²) in [6.45, 7) is 60.8. The van der Waals surface area contributed by atoms with Crippen molar-refractivity contribution in [2.75, 3.05) is 19.8 Å². The molecule has 9 heteroatoms. The van der Waals surface area contributed by atoms with E-state index in [1.165, 1.54) is 74.7 Å². The third kappa shape index (κ3) is 24.9. The van der Waals surface area contributed by atoms with Crippen molar-refractivity contribution in [3.05, 3.63) is 123 Å². The van der Waals surface area contributed by atoms with Gasteiger partial charge in [0.2, 0.25) is 0 Å². The van der Waals surface area contributed by atoms with Gasteiger partial charge < -0.3 is 20.1 Å². The van der Waals surface area contributed by atoms with Gasteiger partial charge in [-0.15, -0.1) is 0 Å². The summed E-state index contributed by atoms with van der Waals surface area (Å²) in [5.74, 6) is 2.60. The maximum atomic E-state index is 13.3. The van der Waals surface area contributed by atoms with E-state index in [1.807, 2.05) is 80.5 Å². The van der Waals surface area contributed by atoms with Crippen LogP contribution in [0.25, 0.3) is 0 Å². The van der Waals surface area contributed by atoms with Gasteiger partial charge in [-0.05, 0) is 172 Å². The van der Waals surface area contributed by atoms with E-state index in [2.05, 4.69) is 146 Å². The number of hydrogen-bond donors (Lipinski definition) is 3. The van der Waals surface area contributed by atoms with E-state index in [4.69, 9.17) is 9.84 Å². The number of aliphatic hydroxyl groups is 3. The van der Waals surface area contributed by atoms with Crippen LogP contribution in [0, 0.1) is 84.7 Å². The SMILES string of the molecule is CC(C)(C)C1(C)CC1.CC(C)(C)C1CCOCC1.CC1CCCC(CO)C1C(C)(C)C.Cc1cccc(CO)c1C(C)(C)C.Cc1cccc(F)c1C(C)(C)C.Cc1cncc(F)c1C(C)(C)C.Cc1ncnc(CO)c1C(C)(C)C. The Morgan fingerprint density at radius 2 is 1.04 bits per heavy atom. The highest BCUT2D eigenvalue weighted by molar-refractivity contribution is 5.39. The molecule has 7 rings (SSSR count). The number of ether oxygens (including phenoxy) is 1. The number of halogens is 2. The molecule has 3 atom stereocenters. The Hall–Kier alpha value is -3.63. The number of aromatic nitrogens is 3. The molecular formula is C72H121F2N3O4. The Morgan fingerprint density at radius 3 is 1.35 bits per heavy atom. The summed E-state index contributed by atoms with van der Waals surface area (Å²) < 4.78 is 31.9. The Balaban J connectivity index is 0.000000475. The summed E-state index contributed by atoms with van der Waals surface area (Å²) in [5.41, 5.74) is 11.8.